The Bertz CT molecular complexity index is 1090. The number of benzene rings is 2. The molecule has 6 nitrogen and oxygen atoms in total. The minimum atomic E-state index is -0.625. The van der Waals surface area contributed by atoms with Gasteiger partial charge in [0.1, 0.15) is 0 Å². The Kier molecular flexibility index (Phi) is 4.07. The standard InChI is InChI=1S/C22H22N4O2/c1-13-5-7-14(8-6-13)19-12-18(25-26(19)4)20(27)23-15-9-10-17-16(11-15)22(2,3)21(28)24-17/h5-12H,1-4H3,(H,23,27)(H,24,28). The van der Waals surface area contributed by atoms with Gasteiger partial charge in [0, 0.05) is 18.4 Å². The highest BCUT2D eigenvalue weighted by Gasteiger charge is 2.38. The van der Waals surface area contributed by atoms with Crippen molar-refractivity contribution < 1.29 is 9.59 Å². The number of hydrogen-bond donors (Lipinski definition) is 2. The quantitative estimate of drug-likeness (QED) is 0.730. The van der Waals surface area contributed by atoms with Crippen LogP contribution in [0.15, 0.2) is 48.5 Å². The maximum Gasteiger partial charge on any atom is 0.276 e. The summed E-state index contributed by atoms with van der Waals surface area (Å²) in [5, 5.41) is 10.1. The third-order valence-electron chi connectivity index (χ3n) is 5.23. The number of anilines is 2. The molecular formula is C22H22N4O2. The normalized spacial score (nSPS) is 14.5. The van der Waals surface area contributed by atoms with Gasteiger partial charge in [-0.05, 0) is 56.2 Å². The Morgan fingerprint density at radius 3 is 2.54 bits per heavy atom. The molecule has 3 aromatic rings. The molecule has 0 atom stereocenters. The number of nitrogens with one attached hydrogen (secondary N) is 2. The van der Waals surface area contributed by atoms with Crippen molar-refractivity contribution in [2.45, 2.75) is 26.2 Å². The van der Waals surface area contributed by atoms with Crippen molar-refractivity contribution in [3.63, 3.8) is 0 Å². The highest BCUT2D eigenvalue weighted by Crippen LogP contribution is 2.38. The van der Waals surface area contributed by atoms with E-state index < -0.39 is 5.41 Å². The molecule has 1 aromatic heterocycles. The fourth-order valence-electron chi connectivity index (χ4n) is 3.42. The average Bonchev–Trinajstić information content (AvgIpc) is 3.14. The van der Waals surface area contributed by atoms with Crippen molar-refractivity contribution in [1.82, 2.24) is 9.78 Å². The van der Waals surface area contributed by atoms with Gasteiger partial charge in [0.2, 0.25) is 5.91 Å². The molecule has 0 unspecified atom stereocenters. The second-order valence-electron chi connectivity index (χ2n) is 7.70. The summed E-state index contributed by atoms with van der Waals surface area (Å²) in [4.78, 5) is 24.8. The lowest BCUT2D eigenvalue weighted by Crippen LogP contribution is -2.26. The molecule has 0 fully saturated rings. The molecule has 0 aliphatic carbocycles. The van der Waals surface area contributed by atoms with Crippen molar-refractivity contribution in [2.24, 2.45) is 7.05 Å². The molecule has 0 saturated heterocycles. The molecule has 2 aromatic carbocycles. The van der Waals surface area contributed by atoms with E-state index in [1.165, 1.54) is 5.56 Å². The molecule has 4 rings (SSSR count). The first-order valence-electron chi connectivity index (χ1n) is 9.14. The van der Waals surface area contributed by atoms with Crippen LogP contribution in [0.2, 0.25) is 0 Å². The van der Waals surface area contributed by atoms with Crippen LogP contribution < -0.4 is 10.6 Å². The van der Waals surface area contributed by atoms with Gasteiger partial charge in [0.25, 0.3) is 5.91 Å². The topological polar surface area (TPSA) is 76.0 Å². The van der Waals surface area contributed by atoms with Gasteiger partial charge in [-0.3, -0.25) is 14.3 Å². The minimum Gasteiger partial charge on any atom is -0.325 e. The Balaban J connectivity index is 1.59. The van der Waals surface area contributed by atoms with Crippen LogP contribution in [0.4, 0.5) is 11.4 Å². The van der Waals surface area contributed by atoms with E-state index in [4.69, 9.17) is 0 Å². The predicted octanol–water partition coefficient (Wildman–Crippen LogP) is 3.88. The summed E-state index contributed by atoms with van der Waals surface area (Å²) in [6.07, 6.45) is 0. The summed E-state index contributed by atoms with van der Waals surface area (Å²) in [7, 11) is 1.82. The fraction of sp³-hybridized carbons (Fsp3) is 0.227. The molecule has 0 saturated carbocycles. The van der Waals surface area contributed by atoms with Gasteiger partial charge in [0.15, 0.2) is 5.69 Å². The van der Waals surface area contributed by atoms with E-state index in [1.807, 2.05) is 64.2 Å². The minimum absolute atomic E-state index is 0.0431. The van der Waals surface area contributed by atoms with E-state index >= 15 is 0 Å². The van der Waals surface area contributed by atoms with Crippen molar-refractivity contribution in [2.75, 3.05) is 10.6 Å². The van der Waals surface area contributed by atoms with Crippen LogP contribution in [0.5, 0.6) is 0 Å². The number of aryl methyl sites for hydroxylation is 2. The van der Waals surface area contributed by atoms with Gasteiger partial charge in [-0.1, -0.05) is 29.8 Å². The summed E-state index contributed by atoms with van der Waals surface area (Å²) in [5.41, 5.74) is 5.06. The molecule has 0 radical (unpaired) electrons. The van der Waals surface area contributed by atoms with Crippen molar-refractivity contribution >= 4 is 23.2 Å². The summed E-state index contributed by atoms with van der Waals surface area (Å²) in [6.45, 7) is 5.77. The van der Waals surface area contributed by atoms with Gasteiger partial charge < -0.3 is 10.6 Å². The van der Waals surface area contributed by atoms with E-state index in [0.29, 0.717) is 11.4 Å². The number of rotatable bonds is 3. The molecule has 6 heteroatoms. The third-order valence-corrected chi connectivity index (χ3v) is 5.23. The van der Waals surface area contributed by atoms with Crippen LogP contribution in [-0.2, 0) is 17.3 Å². The van der Waals surface area contributed by atoms with Crippen LogP contribution >= 0.6 is 0 Å². The monoisotopic (exact) mass is 374 g/mol. The molecule has 2 N–H and O–H groups in total. The van der Waals surface area contributed by atoms with E-state index in [0.717, 1.165) is 22.5 Å². The van der Waals surface area contributed by atoms with E-state index in [2.05, 4.69) is 15.7 Å². The Morgan fingerprint density at radius 2 is 1.82 bits per heavy atom. The van der Waals surface area contributed by atoms with Crippen LogP contribution in [0.1, 0.15) is 35.5 Å². The Hall–Kier alpha value is -3.41. The lowest BCUT2D eigenvalue weighted by molar-refractivity contribution is -0.119. The zero-order chi connectivity index (χ0) is 20.1. The first kappa shape index (κ1) is 18.0. The molecule has 2 amide bonds. The summed E-state index contributed by atoms with van der Waals surface area (Å²) >= 11 is 0. The lowest BCUT2D eigenvalue weighted by Gasteiger charge is -2.15. The van der Waals surface area contributed by atoms with E-state index in [1.54, 1.807) is 16.8 Å². The number of nitrogens with zero attached hydrogens (tertiary/aromatic N) is 2. The number of amides is 2. The van der Waals surface area contributed by atoms with Gasteiger partial charge in [-0.25, -0.2) is 0 Å². The Morgan fingerprint density at radius 1 is 1.11 bits per heavy atom. The lowest BCUT2D eigenvalue weighted by atomic mass is 9.86. The highest BCUT2D eigenvalue weighted by atomic mass is 16.2. The molecular weight excluding hydrogens is 352 g/mol. The first-order valence-corrected chi connectivity index (χ1v) is 9.14. The predicted molar refractivity (Wildman–Crippen MR) is 109 cm³/mol. The largest absolute Gasteiger partial charge is 0.325 e. The molecule has 0 spiro atoms. The van der Waals surface area contributed by atoms with Crippen molar-refractivity contribution in [3.05, 3.63) is 65.4 Å². The number of hydrogen-bond acceptors (Lipinski definition) is 3. The third kappa shape index (κ3) is 2.97. The zero-order valence-electron chi connectivity index (χ0n) is 16.3. The van der Waals surface area contributed by atoms with Gasteiger partial charge in [-0.2, -0.15) is 5.10 Å². The van der Waals surface area contributed by atoms with Crippen molar-refractivity contribution in [3.8, 4) is 11.3 Å². The van der Waals surface area contributed by atoms with Crippen LogP contribution in [0.3, 0.4) is 0 Å². The van der Waals surface area contributed by atoms with E-state index in [9.17, 15) is 9.59 Å². The van der Waals surface area contributed by atoms with E-state index in [-0.39, 0.29) is 11.8 Å². The SMILES string of the molecule is Cc1ccc(-c2cc(C(=O)Nc3ccc4c(c3)C(C)(C)C(=O)N4)nn2C)cc1. The number of carbonyl (C=O) groups is 2. The second kappa shape index (κ2) is 6.34. The molecule has 142 valence electrons. The highest BCUT2D eigenvalue weighted by molar-refractivity contribution is 6.07. The Labute approximate surface area is 163 Å². The van der Waals surface area contributed by atoms with Gasteiger partial charge >= 0.3 is 0 Å². The molecule has 28 heavy (non-hydrogen) atoms. The fourth-order valence-corrected chi connectivity index (χ4v) is 3.42. The number of carbonyl (C=O) groups excluding carboxylic acids is 2. The summed E-state index contributed by atoms with van der Waals surface area (Å²) in [6, 6.07) is 15.3. The van der Waals surface area contributed by atoms with Crippen LogP contribution in [-0.4, -0.2) is 21.6 Å². The number of fused-ring (bicyclic) bond motifs is 1. The molecule has 0 bridgehead atoms. The molecule has 1 aliphatic heterocycles. The van der Waals surface area contributed by atoms with Crippen LogP contribution in [0.25, 0.3) is 11.3 Å². The maximum atomic E-state index is 12.7. The number of aromatic nitrogens is 2. The smallest absolute Gasteiger partial charge is 0.276 e. The molecule has 1 aliphatic rings. The van der Waals surface area contributed by atoms with Crippen molar-refractivity contribution in [1.29, 1.82) is 0 Å². The van der Waals surface area contributed by atoms with Gasteiger partial charge in [-0.15, -0.1) is 0 Å². The zero-order valence-corrected chi connectivity index (χ0v) is 16.3. The average molecular weight is 374 g/mol. The van der Waals surface area contributed by atoms with Crippen LogP contribution in [0, 0.1) is 6.92 Å². The maximum absolute atomic E-state index is 12.7. The molecule has 2 heterocycles. The summed E-state index contributed by atoms with van der Waals surface area (Å²) in [5.74, 6) is -0.331. The van der Waals surface area contributed by atoms with Gasteiger partial charge in [0.05, 0.1) is 11.1 Å². The summed E-state index contributed by atoms with van der Waals surface area (Å²) < 4.78 is 1.70. The second-order valence-corrected chi connectivity index (χ2v) is 7.70. The first-order chi connectivity index (χ1) is 13.3.